The summed E-state index contributed by atoms with van der Waals surface area (Å²) in [5, 5.41) is 12.3. The largest absolute Gasteiger partial charge is 0.496 e. The molecule has 5 nitrogen and oxygen atoms in total. The molecule has 1 N–H and O–H groups in total. The molecule has 2 aromatic rings. The summed E-state index contributed by atoms with van der Waals surface area (Å²) in [5.41, 5.74) is 1.05. The molecule has 0 saturated heterocycles. The number of anilines is 1. The lowest BCUT2D eigenvalue weighted by atomic mass is 10.1. The Labute approximate surface area is 145 Å². The number of carbonyl (C=O) groups excluding carboxylic acids is 1. The van der Waals surface area contributed by atoms with Crippen LogP contribution in [0.1, 0.15) is 5.56 Å². The van der Waals surface area contributed by atoms with E-state index in [1.165, 1.54) is 20.3 Å². The predicted octanol–water partition coefficient (Wildman–Crippen LogP) is 3.90. The second-order valence-corrected chi connectivity index (χ2v) is 5.12. The number of halogens is 1. The van der Waals surface area contributed by atoms with Crippen molar-refractivity contribution in [2.45, 2.75) is 0 Å². The van der Waals surface area contributed by atoms with E-state index >= 15 is 0 Å². The predicted molar refractivity (Wildman–Crippen MR) is 93.2 cm³/mol. The maximum atomic E-state index is 12.3. The molecule has 0 radical (unpaired) electrons. The van der Waals surface area contributed by atoms with Crippen LogP contribution in [0.25, 0.3) is 6.08 Å². The van der Waals surface area contributed by atoms with E-state index in [0.29, 0.717) is 27.8 Å². The first-order valence-corrected chi connectivity index (χ1v) is 7.36. The van der Waals surface area contributed by atoms with Crippen LogP contribution >= 0.6 is 11.6 Å². The summed E-state index contributed by atoms with van der Waals surface area (Å²) in [6, 6.07) is 13.8. The van der Waals surface area contributed by atoms with Crippen LogP contribution in [0.2, 0.25) is 5.02 Å². The second-order valence-electron chi connectivity index (χ2n) is 4.72. The highest BCUT2D eigenvalue weighted by molar-refractivity contribution is 6.32. The van der Waals surface area contributed by atoms with Gasteiger partial charge in [0.1, 0.15) is 23.1 Å². The molecule has 0 heterocycles. The molecular formula is C18H15ClN2O3. The maximum absolute atomic E-state index is 12.3. The van der Waals surface area contributed by atoms with Gasteiger partial charge in [0.05, 0.1) is 19.2 Å². The van der Waals surface area contributed by atoms with Crippen molar-refractivity contribution < 1.29 is 14.3 Å². The zero-order valence-corrected chi connectivity index (χ0v) is 13.9. The minimum atomic E-state index is -0.537. The summed E-state index contributed by atoms with van der Waals surface area (Å²) in [5.74, 6) is 0.537. The van der Waals surface area contributed by atoms with E-state index in [0.717, 1.165) is 0 Å². The molecule has 0 spiro atoms. The normalized spacial score (nSPS) is 10.7. The zero-order chi connectivity index (χ0) is 17.5. The van der Waals surface area contributed by atoms with Gasteiger partial charge < -0.3 is 14.8 Å². The summed E-state index contributed by atoms with van der Waals surface area (Å²) >= 11 is 6.02. The Kier molecular flexibility index (Phi) is 5.83. The third kappa shape index (κ3) is 4.06. The van der Waals surface area contributed by atoms with E-state index in [9.17, 15) is 10.1 Å². The summed E-state index contributed by atoms with van der Waals surface area (Å²) in [7, 11) is 3.03. The molecule has 0 aliphatic rings. The first kappa shape index (κ1) is 17.4. The molecule has 122 valence electrons. The summed E-state index contributed by atoms with van der Waals surface area (Å²) in [6.45, 7) is 0. The Morgan fingerprint density at radius 2 is 1.88 bits per heavy atom. The Morgan fingerprint density at radius 1 is 1.17 bits per heavy atom. The molecule has 0 atom stereocenters. The van der Waals surface area contributed by atoms with Crippen LogP contribution in [0.4, 0.5) is 5.69 Å². The first-order chi connectivity index (χ1) is 11.6. The van der Waals surface area contributed by atoms with Gasteiger partial charge in [0.25, 0.3) is 5.91 Å². The first-order valence-electron chi connectivity index (χ1n) is 6.98. The number of ether oxygens (including phenoxy) is 2. The van der Waals surface area contributed by atoms with Crippen molar-refractivity contribution in [3.63, 3.8) is 0 Å². The molecule has 0 aliphatic heterocycles. The molecule has 1 amide bonds. The number of rotatable bonds is 5. The number of carbonyl (C=O) groups is 1. The van der Waals surface area contributed by atoms with Gasteiger partial charge in [-0.3, -0.25) is 4.79 Å². The van der Waals surface area contributed by atoms with Gasteiger partial charge in [-0.2, -0.15) is 5.26 Å². The average Bonchev–Trinajstić information content (AvgIpc) is 2.60. The zero-order valence-electron chi connectivity index (χ0n) is 13.2. The van der Waals surface area contributed by atoms with Crippen molar-refractivity contribution in [3.8, 4) is 17.6 Å². The lowest BCUT2D eigenvalue weighted by molar-refractivity contribution is -0.112. The Hall–Kier alpha value is -2.97. The minimum Gasteiger partial charge on any atom is -0.496 e. The van der Waals surface area contributed by atoms with E-state index in [1.807, 2.05) is 12.1 Å². The third-order valence-electron chi connectivity index (χ3n) is 3.21. The molecule has 0 bridgehead atoms. The van der Waals surface area contributed by atoms with E-state index in [2.05, 4.69) is 5.32 Å². The van der Waals surface area contributed by atoms with E-state index in [1.54, 1.807) is 36.4 Å². The van der Waals surface area contributed by atoms with E-state index in [-0.39, 0.29) is 5.57 Å². The molecule has 0 saturated carbocycles. The standard InChI is InChI=1S/C18H15ClN2O3/c1-23-16-6-4-3-5-12(16)9-13(11-20)18(22)21-14-7-8-17(24-2)15(19)10-14/h3-10H,1-2H3,(H,21,22)/b13-9+. The van der Waals surface area contributed by atoms with Gasteiger partial charge in [-0.15, -0.1) is 0 Å². The number of methoxy groups -OCH3 is 2. The SMILES string of the molecule is COc1ccc(NC(=O)/C(C#N)=C/c2ccccc2OC)cc1Cl. The van der Waals surface area contributed by atoms with Crippen LogP contribution in [-0.4, -0.2) is 20.1 Å². The molecule has 0 aromatic heterocycles. The maximum Gasteiger partial charge on any atom is 0.266 e. The van der Waals surface area contributed by atoms with E-state index < -0.39 is 5.91 Å². The van der Waals surface area contributed by atoms with Crippen LogP contribution < -0.4 is 14.8 Å². The molecule has 0 aliphatic carbocycles. The fourth-order valence-corrected chi connectivity index (χ4v) is 2.29. The Bertz CT molecular complexity index is 825. The van der Waals surface area contributed by atoms with Crippen molar-refractivity contribution in [2.75, 3.05) is 19.5 Å². The average molecular weight is 343 g/mol. The van der Waals surface area contributed by atoms with Crippen LogP contribution in [-0.2, 0) is 4.79 Å². The quantitative estimate of drug-likeness (QED) is 0.660. The monoisotopic (exact) mass is 342 g/mol. The van der Waals surface area contributed by atoms with Crippen LogP contribution in [0.3, 0.4) is 0 Å². The minimum absolute atomic E-state index is 0.0496. The summed E-state index contributed by atoms with van der Waals surface area (Å²) in [6.07, 6.45) is 1.47. The van der Waals surface area contributed by atoms with Crippen LogP contribution in [0.5, 0.6) is 11.5 Å². The van der Waals surface area contributed by atoms with Crippen molar-refractivity contribution in [1.29, 1.82) is 5.26 Å². The number of para-hydroxylation sites is 1. The Balaban J connectivity index is 2.25. The lowest BCUT2D eigenvalue weighted by Gasteiger charge is -2.08. The molecule has 0 fully saturated rings. The number of nitrogens with one attached hydrogen (secondary N) is 1. The number of hydrogen-bond donors (Lipinski definition) is 1. The van der Waals surface area contributed by atoms with Gasteiger partial charge in [-0.25, -0.2) is 0 Å². The fraction of sp³-hybridized carbons (Fsp3) is 0.111. The van der Waals surface area contributed by atoms with Crippen molar-refractivity contribution in [2.24, 2.45) is 0 Å². The molecule has 2 rings (SSSR count). The van der Waals surface area contributed by atoms with Gasteiger partial charge in [0.15, 0.2) is 0 Å². The molecule has 0 unspecified atom stereocenters. The number of nitriles is 1. The highest BCUT2D eigenvalue weighted by atomic mass is 35.5. The van der Waals surface area contributed by atoms with Crippen molar-refractivity contribution in [1.82, 2.24) is 0 Å². The lowest BCUT2D eigenvalue weighted by Crippen LogP contribution is -2.13. The molecular weight excluding hydrogens is 328 g/mol. The van der Waals surface area contributed by atoms with Crippen molar-refractivity contribution in [3.05, 3.63) is 58.6 Å². The topological polar surface area (TPSA) is 71.3 Å². The second kappa shape index (κ2) is 8.04. The summed E-state index contributed by atoms with van der Waals surface area (Å²) in [4.78, 5) is 12.3. The fourth-order valence-electron chi connectivity index (χ4n) is 2.03. The van der Waals surface area contributed by atoms with Gasteiger partial charge in [0.2, 0.25) is 0 Å². The molecule has 6 heteroatoms. The van der Waals surface area contributed by atoms with Crippen molar-refractivity contribution >= 4 is 29.3 Å². The highest BCUT2D eigenvalue weighted by Gasteiger charge is 2.12. The van der Waals surface area contributed by atoms with Gasteiger partial charge in [0, 0.05) is 11.3 Å². The number of hydrogen-bond acceptors (Lipinski definition) is 4. The van der Waals surface area contributed by atoms with Gasteiger partial charge in [-0.05, 0) is 30.3 Å². The van der Waals surface area contributed by atoms with Crippen LogP contribution in [0, 0.1) is 11.3 Å². The van der Waals surface area contributed by atoms with E-state index in [4.69, 9.17) is 21.1 Å². The molecule has 2 aromatic carbocycles. The summed E-state index contributed by atoms with van der Waals surface area (Å²) < 4.78 is 10.3. The smallest absolute Gasteiger partial charge is 0.266 e. The van der Waals surface area contributed by atoms with Gasteiger partial charge >= 0.3 is 0 Å². The Morgan fingerprint density at radius 3 is 2.50 bits per heavy atom. The number of nitrogens with zero attached hydrogens (tertiary/aromatic N) is 1. The molecule has 24 heavy (non-hydrogen) atoms. The van der Waals surface area contributed by atoms with Crippen LogP contribution in [0.15, 0.2) is 48.0 Å². The van der Waals surface area contributed by atoms with Gasteiger partial charge in [-0.1, -0.05) is 29.8 Å². The number of benzene rings is 2. The number of amides is 1. The highest BCUT2D eigenvalue weighted by Crippen LogP contribution is 2.27. The third-order valence-corrected chi connectivity index (χ3v) is 3.51.